The van der Waals surface area contributed by atoms with E-state index in [0.29, 0.717) is 13.2 Å². The zero-order chi connectivity index (χ0) is 17.3. The molecule has 0 spiro atoms. The van der Waals surface area contributed by atoms with Crippen LogP contribution in [0, 0.1) is 6.92 Å². The van der Waals surface area contributed by atoms with Crippen LogP contribution >= 0.6 is 27.3 Å². The van der Waals surface area contributed by atoms with E-state index < -0.39 is 0 Å². The molecule has 6 heteroatoms. The average molecular weight is 407 g/mol. The largest absolute Gasteiger partial charge is 0.383 e. The maximum atomic E-state index is 13.1. The highest BCUT2D eigenvalue weighted by atomic mass is 79.9. The zero-order valence-corrected chi connectivity index (χ0v) is 16.3. The third kappa shape index (κ3) is 3.06. The topological polar surface area (TPSA) is 44.1 Å². The Kier molecular flexibility index (Phi) is 5.18. The van der Waals surface area contributed by atoms with Crippen LogP contribution in [-0.4, -0.2) is 23.3 Å². The molecule has 0 bridgehead atoms. The smallest absolute Gasteiger partial charge is 0.262 e. The van der Waals surface area contributed by atoms with Crippen LogP contribution in [0.15, 0.2) is 33.5 Å². The second kappa shape index (κ2) is 7.17. The lowest BCUT2D eigenvalue weighted by atomic mass is 10.0. The van der Waals surface area contributed by atoms with Gasteiger partial charge in [0.2, 0.25) is 0 Å². The van der Waals surface area contributed by atoms with Crippen LogP contribution in [0.2, 0.25) is 0 Å². The number of halogens is 1. The molecule has 3 rings (SSSR count). The van der Waals surface area contributed by atoms with E-state index in [9.17, 15) is 4.79 Å². The summed E-state index contributed by atoms with van der Waals surface area (Å²) < 4.78 is 7.86. The van der Waals surface area contributed by atoms with Gasteiger partial charge in [0.05, 0.1) is 18.5 Å². The number of hydrogen-bond donors (Lipinski definition) is 0. The highest BCUT2D eigenvalue weighted by Gasteiger charge is 2.19. The van der Waals surface area contributed by atoms with Gasteiger partial charge < -0.3 is 4.74 Å². The summed E-state index contributed by atoms with van der Waals surface area (Å²) in [7, 11) is 1.64. The number of rotatable bonds is 5. The number of ether oxygens (including phenoxy) is 1. The summed E-state index contributed by atoms with van der Waals surface area (Å²) in [4.78, 5) is 19.8. The molecule has 0 saturated heterocycles. The van der Waals surface area contributed by atoms with E-state index in [1.165, 1.54) is 4.88 Å². The first-order chi connectivity index (χ1) is 11.6. The summed E-state index contributed by atoms with van der Waals surface area (Å²) in [5, 5.41) is 0.723. The fourth-order valence-corrected chi connectivity index (χ4v) is 4.28. The number of benzene rings is 1. The highest BCUT2D eigenvalue weighted by molar-refractivity contribution is 9.10. The predicted octanol–water partition coefficient (Wildman–Crippen LogP) is 4.40. The molecule has 0 unspecified atom stereocenters. The van der Waals surface area contributed by atoms with Gasteiger partial charge >= 0.3 is 0 Å². The van der Waals surface area contributed by atoms with Gasteiger partial charge in [-0.1, -0.05) is 35.0 Å². The molecule has 0 fully saturated rings. The maximum absolute atomic E-state index is 13.1. The summed E-state index contributed by atoms with van der Waals surface area (Å²) >= 11 is 5.09. The number of aryl methyl sites for hydroxylation is 2. The van der Waals surface area contributed by atoms with E-state index in [1.54, 1.807) is 23.0 Å². The molecule has 4 nitrogen and oxygen atoms in total. The van der Waals surface area contributed by atoms with Gasteiger partial charge in [0.15, 0.2) is 0 Å². The van der Waals surface area contributed by atoms with Gasteiger partial charge in [0.25, 0.3) is 5.56 Å². The molecule has 0 N–H and O–H groups in total. The van der Waals surface area contributed by atoms with Crippen LogP contribution < -0.4 is 5.56 Å². The number of aromatic nitrogens is 2. The van der Waals surface area contributed by atoms with Crippen LogP contribution in [0.5, 0.6) is 0 Å². The summed E-state index contributed by atoms with van der Waals surface area (Å²) in [6, 6.07) is 8.10. The molecule has 2 aromatic heterocycles. The van der Waals surface area contributed by atoms with Crippen molar-refractivity contribution in [1.82, 2.24) is 9.55 Å². The molecule has 1 aromatic carbocycles. The quantitative estimate of drug-likeness (QED) is 0.630. The van der Waals surface area contributed by atoms with E-state index in [0.717, 1.165) is 38.1 Å². The van der Waals surface area contributed by atoms with Crippen molar-refractivity contribution in [3.8, 4) is 11.1 Å². The fraction of sp³-hybridized carbons (Fsp3) is 0.333. The first kappa shape index (κ1) is 17.3. The van der Waals surface area contributed by atoms with E-state index in [2.05, 4.69) is 27.8 Å². The first-order valence-electron chi connectivity index (χ1n) is 7.84. The molecule has 2 heterocycles. The lowest BCUT2D eigenvalue weighted by Gasteiger charge is -2.09. The summed E-state index contributed by atoms with van der Waals surface area (Å²) in [5.74, 6) is 0.732. The zero-order valence-electron chi connectivity index (χ0n) is 13.9. The first-order valence-corrected chi connectivity index (χ1v) is 9.45. The van der Waals surface area contributed by atoms with Crippen LogP contribution in [0.1, 0.15) is 17.6 Å². The number of hydrogen-bond acceptors (Lipinski definition) is 4. The molecule has 3 aromatic rings. The van der Waals surface area contributed by atoms with Crippen molar-refractivity contribution < 1.29 is 4.74 Å². The molecular weight excluding hydrogens is 388 g/mol. The Morgan fingerprint density at radius 2 is 2.00 bits per heavy atom. The van der Waals surface area contributed by atoms with Crippen molar-refractivity contribution in [1.29, 1.82) is 0 Å². The minimum absolute atomic E-state index is 0.0171. The number of methoxy groups -OCH3 is 1. The molecule has 0 aliphatic carbocycles. The second-order valence-corrected chi connectivity index (χ2v) is 7.55. The van der Waals surface area contributed by atoms with Crippen LogP contribution in [0.3, 0.4) is 0 Å². The molecule has 0 atom stereocenters. The Hall–Kier alpha value is -1.50. The summed E-state index contributed by atoms with van der Waals surface area (Å²) in [5.41, 5.74) is 2.10. The second-order valence-electron chi connectivity index (χ2n) is 5.55. The summed E-state index contributed by atoms with van der Waals surface area (Å²) in [6.07, 6.45) is 0.878. The van der Waals surface area contributed by atoms with E-state index >= 15 is 0 Å². The maximum Gasteiger partial charge on any atom is 0.262 e. The van der Waals surface area contributed by atoms with E-state index in [4.69, 9.17) is 4.74 Å². The molecule has 0 amide bonds. The Balaban J connectivity index is 2.30. The van der Waals surface area contributed by atoms with Crippen LogP contribution in [0.4, 0.5) is 0 Å². The lowest BCUT2D eigenvalue weighted by molar-refractivity contribution is 0.185. The third-order valence-corrected chi connectivity index (χ3v) is 5.81. The van der Waals surface area contributed by atoms with Gasteiger partial charge in [-0.25, -0.2) is 4.98 Å². The number of fused-ring (bicyclic) bond motifs is 1. The van der Waals surface area contributed by atoms with Gasteiger partial charge in [0, 0.05) is 22.0 Å². The fourth-order valence-electron chi connectivity index (χ4n) is 2.85. The van der Waals surface area contributed by atoms with Gasteiger partial charge in [-0.15, -0.1) is 11.3 Å². The SMILES string of the molecule is CCc1sc2nc(C)n(CCOC)c(=O)c2c1-c1ccc(Br)cc1. The molecule has 126 valence electrons. The van der Waals surface area contributed by atoms with Crippen LogP contribution in [0.25, 0.3) is 21.3 Å². The molecule has 24 heavy (non-hydrogen) atoms. The van der Waals surface area contributed by atoms with Gasteiger partial charge in [-0.05, 0) is 31.0 Å². The average Bonchev–Trinajstić information content (AvgIpc) is 2.94. The standard InChI is InChI=1S/C18H19BrN2O2S/c1-4-14-15(12-5-7-13(19)8-6-12)16-17(24-14)20-11(2)21(18(16)22)9-10-23-3/h5-8H,4,9-10H2,1-3H3. The van der Waals surface area contributed by atoms with Crippen molar-refractivity contribution in [3.63, 3.8) is 0 Å². The van der Waals surface area contributed by atoms with Crippen molar-refractivity contribution in [2.75, 3.05) is 13.7 Å². The molecular formula is C18H19BrN2O2S. The Bertz CT molecular complexity index is 929. The monoisotopic (exact) mass is 406 g/mol. The predicted molar refractivity (Wildman–Crippen MR) is 103 cm³/mol. The highest BCUT2D eigenvalue weighted by Crippen LogP contribution is 2.37. The van der Waals surface area contributed by atoms with Crippen molar-refractivity contribution in [2.45, 2.75) is 26.8 Å². The van der Waals surface area contributed by atoms with Gasteiger partial charge in [-0.2, -0.15) is 0 Å². The van der Waals surface area contributed by atoms with Crippen molar-refractivity contribution >= 4 is 37.5 Å². The van der Waals surface area contributed by atoms with Crippen LogP contribution in [-0.2, 0) is 17.7 Å². The van der Waals surface area contributed by atoms with Gasteiger partial charge in [0.1, 0.15) is 10.7 Å². The number of nitrogens with zero attached hydrogens (tertiary/aromatic N) is 2. The van der Waals surface area contributed by atoms with E-state index in [1.807, 2.05) is 31.2 Å². The lowest BCUT2D eigenvalue weighted by Crippen LogP contribution is -2.25. The Labute approximate surface area is 153 Å². The minimum atomic E-state index is 0.0171. The van der Waals surface area contributed by atoms with Crippen molar-refractivity contribution in [2.24, 2.45) is 0 Å². The number of thiophene rings is 1. The molecule has 0 aliphatic rings. The normalized spacial score (nSPS) is 11.3. The van der Waals surface area contributed by atoms with Gasteiger partial charge in [-0.3, -0.25) is 9.36 Å². The third-order valence-electron chi connectivity index (χ3n) is 4.05. The Morgan fingerprint density at radius 3 is 2.62 bits per heavy atom. The minimum Gasteiger partial charge on any atom is -0.383 e. The Morgan fingerprint density at radius 1 is 1.29 bits per heavy atom. The molecule has 0 saturated carbocycles. The molecule has 0 radical (unpaired) electrons. The van der Waals surface area contributed by atoms with Crippen molar-refractivity contribution in [3.05, 3.63) is 49.8 Å². The van der Waals surface area contributed by atoms with E-state index in [-0.39, 0.29) is 5.56 Å². The molecule has 0 aliphatic heterocycles. The summed E-state index contributed by atoms with van der Waals surface area (Å²) in [6.45, 7) is 5.00.